The van der Waals surface area contributed by atoms with Crippen molar-refractivity contribution < 1.29 is 13.2 Å². The predicted molar refractivity (Wildman–Crippen MR) is 64.0 cm³/mol. The number of alkyl halides is 3. The monoisotopic (exact) mass is 307 g/mol. The molecule has 1 aromatic rings. The molecule has 1 fully saturated rings. The van der Waals surface area contributed by atoms with Crippen LogP contribution in [-0.4, -0.2) is 13.1 Å². The second-order valence-corrected chi connectivity index (χ2v) is 5.10. The molecular weight excluding hydrogens is 295 g/mol. The van der Waals surface area contributed by atoms with Crippen molar-refractivity contribution in [2.24, 2.45) is 0 Å². The topological polar surface area (TPSA) is 12.0 Å². The molecule has 1 heterocycles. The van der Waals surface area contributed by atoms with Gasteiger partial charge in [-0.05, 0) is 43.0 Å². The van der Waals surface area contributed by atoms with Crippen molar-refractivity contribution in [3.8, 4) is 0 Å². The molecule has 0 aromatic heterocycles. The molecule has 5 heteroatoms. The van der Waals surface area contributed by atoms with Crippen LogP contribution in [0.25, 0.3) is 0 Å². The molecule has 0 radical (unpaired) electrons. The third-order valence-corrected chi connectivity index (χ3v) is 3.75. The van der Waals surface area contributed by atoms with E-state index in [4.69, 9.17) is 0 Å². The molecule has 2 rings (SSSR count). The molecular formula is C12H13BrF3N. The summed E-state index contributed by atoms with van der Waals surface area (Å²) in [6.07, 6.45) is -2.56. The molecule has 0 saturated carbocycles. The van der Waals surface area contributed by atoms with Crippen LogP contribution < -0.4 is 5.32 Å². The van der Waals surface area contributed by atoms with E-state index in [1.807, 2.05) is 0 Å². The second-order valence-electron chi connectivity index (χ2n) is 4.24. The maximum atomic E-state index is 12.9. The van der Waals surface area contributed by atoms with Crippen molar-refractivity contribution in [2.45, 2.75) is 24.9 Å². The molecule has 0 aliphatic carbocycles. The van der Waals surface area contributed by atoms with Crippen LogP contribution in [0.4, 0.5) is 13.2 Å². The third-order valence-electron chi connectivity index (χ3n) is 3.06. The lowest BCUT2D eigenvalue weighted by Gasteiger charge is -2.27. The zero-order valence-corrected chi connectivity index (χ0v) is 10.7. The molecule has 1 nitrogen and oxygen atoms in total. The van der Waals surface area contributed by atoms with E-state index < -0.39 is 11.7 Å². The van der Waals surface area contributed by atoms with E-state index >= 15 is 0 Å². The van der Waals surface area contributed by atoms with Gasteiger partial charge < -0.3 is 5.32 Å². The number of nitrogens with one attached hydrogen (secondary N) is 1. The van der Waals surface area contributed by atoms with E-state index in [1.165, 1.54) is 6.07 Å². The fourth-order valence-corrected chi connectivity index (χ4v) is 2.99. The predicted octanol–water partition coefficient (Wildman–Crippen LogP) is 3.93. The Morgan fingerprint density at radius 1 is 1.29 bits per heavy atom. The van der Waals surface area contributed by atoms with Gasteiger partial charge in [0.25, 0.3) is 0 Å². The standard InChI is InChI=1S/C12H13BrF3N/c13-10-5-1-4-9(12(14,15)16)11(10)8-3-2-6-17-7-8/h1,4-5,8,17H,2-3,6-7H2. The summed E-state index contributed by atoms with van der Waals surface area (Å²) in [5, 5.41) is 3.15. The number of hydrogen-bond acceptors (Lipinski definition) is 1. The van der Waals surface area contributed by atoms with Crippen LogP contribution in [0.5, 0.6) is 0 Å². The van der Waals surface area contributed by atoms with Crippen molar-refractivity contribution in [3.63, 3.8) is 0 Å². The van der Waals surface area contributed by atoms with Crippen molar-refractivity contribution in [3.05, 3.63) is 33.8 Å². The van der Waals surface area contributed by atoms with E-state index in [-0.39, 0.29) is 5.92 Å². The van der Waals surface area contributed by atoms with E-state index in [0.717, 1.165) is 25.5 Å². The van der Waals surface area contributed by atoms with Crippen LogP contribution >= 0.6 is 15.9 Å². The van der Waals surface area contributed by atoms with Gasteiger partial charge >= 0.3 is 6.18 Å². The molecule has 1 saturated heterocycles. The van der Waals surface area contributed by atoms with E-state index in [2.05, 4.69) is 21.2 Å². The van der Waals surface area contributed by atoms with Crippen LogP contribution in [0.2, 0.25) is 0 Å². The SMILES string of the molecule is FC(F)(F)c1cccc(Br)c1C1CCCNC1. The molecule has 1 N–H and O–H groups in total. The lowest BCUT2D eigenvalue weighted by Crippen LogP contribution is -2.30. The first-order chi connectivity index (χ1) is 8.00. The first-order valence-corrected chi connectivity index (χ1v) is 6.36. The maximum Gasteiger partial charge on any atom is 0.416 e. The van der Waals surface area contributed by atoms with Crippen LogP contribution in [0, 0.1) is 0 Å². The molecule has 17 heavy (non-hydrogen) atoms. The highest BCUT2D eigenvalue weighted by molar-refractivity contribution is 9.10. The number of piperidine rings is 1. The highest BCUT2D eigenvalue weighted by atomic mass is 79.9. The average molecular weight is 308 g/mol. The van der Waals surface area contributed by atoms with Gasteiger partial charge in [0.1, 0.15) is 0 Å². The number of hydrogen-bond donors (Lipinski definition) is 1. The molecule has 1 aliphatic heterocycles. The summed E-state index contributed by atoms with van der Waals surface area (Å²) in [7, 11) is 0. The smallest absolute Gasteiger partial charge is 0.316 e. The summed E-state index contributed by atoms with van der Waals surface area (Å²) in [6.45, 7) is 1.51. The fraction of sp³-hybridized carbons (Fsp3) is 0.500. The quantitative estimate of drug-likeness (QED) is 0.829. The Kier molecular flexibility index (Phi) is 3.78. The first-order valence-electron chi connectivity index (χ1n) is 5.56. The summed E-state index contributed by atoms with van der Waals surface area (Å²) in [6, 6.07) is 4.28. The van der Waals surface area contributed by atoms with Gasteiger partial charge in [-0.3, -0.25) is 0 Å². The lowest BCUT2D eigenvalue weighted by atomic mass is 9.88. The van der Waals surface area contributed by atoms with E-state index in [0.29, 0.717) is 16.6 Å². The van der Waals surface area contributed by atoms with Crippen LogP contribution in [0.3, 0.4) is 0 Å². The summed E-state index contributed by atoms with van der Waals surface area (Å²) < 4.78 is 39.4. The maximum absolute atomic E-state index is 12.9. The largest absolute Gasteiger partial charge is 0.416 e. The number of benzene rings is 1. The van der Waals surface area contributed by atoms with Gasteiger partial charge in [0, 0.05) is 11.0 Å². The van der Waals surface area contributed by atoms with Crippen molar-refractivity contribution in [1.82, 2.24) is 5.32 Å². The van der Waals surface area contributed by atoms with Crippen LogP contribution in [0.15, 0.2) is 22.7 Å². The zero-order valence-electron chi connectivity index (χ0n) is 9.15. The Morgan fingerprint density at radius 3 is 2.65 bits per heavy atom. The Balaban J connectivity index is 2.43. The van der Waals surface area contributed by atoms with E-state index in [1.54, 1.807) is 6.07 Å². The van der Waals surface area contributed by atoms with Crippen molar-refractivity contribution in [1.29, 1.82) is 0 Å². The van der Waals surface area contributed by atoms with Crippen molar-refractivity contribution >= 4 is 15.9 Å². The minimum absolute atomic E-state index is 0.0593. The molecule has 1 unspecified atom stereocenters. The second kappa shape index (κ2) is 4.98. The Labute approximate surface area is 107 Å². The lowest BCUT2D eigenvalue weighted by molar-refractivity contribution is -0.138. The van der Waals surface area contributed by atoms with Crippen LogP contribution in [-0.2, 0) is 6.18 Å². The van der Waals surface area contributed by atoms with E-state index in [9.17, 15) is 13.2 Å². The van der Waals surface area contributed by atoms with Gasteiger partial charge in [-0.25, -0.2) is 0 Å². The van der Waals surface area contributed by atoms with Gasteiger partial charge in [-0.1, -0.05) is 22.0 Å². The van der Waals surface area contributed by atoms with Gasteiger partial charge in [0.05, 0.1) is 5.56 Å². The van der Waals surface area contributed by atoms with Gasteiger partial charge in [0.2, 0.25) is 0 Å². The zero-order chi connectivity index (χ0) is 12.5. The summed E-state index contributed by atoms with van der Waals surface area (Å²) >= 11 is 3.25. The number of halogens is 4. The highest BCUT2D eigenvalue weighted by Crippen LogP contribution is 2.40. The summed E-state index contributed by atoms with van der Waals surface area (Å²) in [4.78, 5) is 0. The van der Waals surface area contributed by atoms with Gasteiger partial charge in [-0.2, -0.15) is 13.2 Å². The molecule has 1 aromatic carbocycles. The van der Waals surface area contributed by atoms with Crippen molar-refractivity contribution in [2.75, 3.05) is 13.1 Å². The highest BCUT2D eigenvalue weighted by Gasteiger charge is 2.36. The molecule has 94 valence electrons. The van der Waals surface area contributed by atoms with Gasteiger partial charge in [0.15, 0.2) is 0 Å². The summed E-state index contributed by atoms with van der Waals surface area (Å²) in [5.74, 6) is -0.0593. The Morgan fingerprint density at radius 2 is 2.06 bits per heavy atom. The number of rotatable bonds is 1. The average Bonchev–Trinajstić information content (AvgIpc) is 2.28. The molecule has 0 bridgehead atoms. The minimum Gasteiger partial charge on any atom is -0.316 e. The van der Waals surface area contributed by atoms with Crippen LogP contribution in [0.1, 0.15) is 29.9 Å². The summed E-state index contributed by atoms with van der Waals surface area (Å²) in [5.41, 5.74) is -0.118. The van der Waals surface area contributed by atoms with Gasteiger partial charge in [-0.15, -0.1) is 0 Å². The Hall–Kier alpha value is -0.550. The molecule has 1 atom stereocenters. The minimum atomic E-state index is -4.28. The first kappa shape index (κ1) is 12.9. The fourth-order valence-electron chi connectivity index (χ4n) is 2.30. The Bertz CT molecular complexity index is 397. The molecule has 1 aliphatic rings. The third kappa shape index (κ3) is 2.83. The molecule has 0 amide bonds. The normalized spacial score (nSPS) is 21.5. The molecule has 0 spiro atoms.